The van der Waals surface area contributed by atoms with E-state index in [1.165, 1.54) is 0 Å². The predicted molar refractivity (Wildman–Crippen MR) is 68.5 cm³/mol. The molecule has 0 atom stereocenters. The van der Waals surface area contributed by atoms with Gasteiger partial charge < -0.3 is 10.2 Å². The molecule has 0 bridgehead atoms. The van der Waals surface area contributed by atoms with Crippen LogP contribution in [0.5, 0.6) is 0 Å². The molecule has 0 radical (unpaired) electrons. The maximum absolute atomic E-state index is 11.8. The van der Waals surface area contributed by atoms with Crippen molar-refractivity contribution in [2.24, 2.45) is 0 Å². The summed E-state index contributed by atoms with van der Waals surface area (Å²) in [5.41, 5.74) is 1.55. The lowest BCUT2D eigenvalue weighted by atomic mass is 10.2. The first kappa shape index (κ1) is 11.3. The molecule has 1 aliphatic heterocycles. The molecular formula is C14H16N2O2. The number of carbonyl (C=O) groups excluding carboxylic acids is 2. The highest BCUT2D eigenvalue weighted by Crippen LogP contribution is 2.22. The van der Waals surface area contributed by atoms with Gasteiger partial charge in [-0.3, -0.25) is 9.59 Å². The molecule has 18 heavy (non-hydrogen) atoms. The third kappa shape index (κ3) is 2.23. The Morgan fingerprint density at radius 3 is 2.50 bits per heavy atom. The quantitative estimate of drug-likeness (QED) is 0.880. The van der Waals surface area contributed by atoms with E-state index in [1.807, 2.05) is 12.1 Å². The van der Waals surface area contributed by atoms with E-state index in [0.29, 0.717) is 18.0 Å². The van der Waals surface area contributed by atoms with Gasteiger partial charge in [-0.1, -0.05) is 0 Å². The molecule has 4 nitrogen and oxygen atoms in total. The van der Waals surface area contributed by atoms with Crippen LogP contribution in [0.2, 0.25) is 0 Å². The lowest BCUT2D eigenvalue weighted by molar-refractivity contribution is -0.117. The van der Waals surface area contributed by atoms with Gasteiger partial charge in [-0.05, 0) is 43.5 Å². The van der Waals surface area contributed by atoms with E-state index in [9.17, 15) is 9.59 Å². The first-order valence-corrected chi connectivity index (χ1v) is 6.45. The third-order valence-electron chi connectivity index (χ3n) is 3.43. The maximum atomic E-state index is 11.8. The molecule has 2 aliphatic rings. The second kappa shape index (κ2) is 4.44. The monoisotopic (exact) mass is 244 g/mol. The molecule has 2 amide bonds. The fourth-order valence-electron chi connectivity index (χ4n) is 2.21. The van der Waals surface area contributed by atoms with Gasteiger partial charge in [0.05, 0.1) is 0 Å². The molecule has 2 fully saturated rings. The number of nitrogens with zero attached hydrogens (tertiary/aromatic N) is 1. The molecule has 1 heterocycles. The Morgan fingerprint density at radius 2 is 1.94 bits per heavy atom. The van der Waals surface area contributed by atoms with E-state index in [1.54, 1.807) is 17.0 Å². The average Bonchev–Trinajstić information content (AvgIpc) is 3.09. The van der Waals surface area contributed by atoms with E-state index in [4.69, 9.17) is 0 Å². The van der Waals surface area contributed by atoms with Crippen molar-refractivity contribution < 1.29 is 9.59 Å². The van der Waals surface area contributed by atoms with Crippen LogP contribution in [0.4, 0.5) is 5.69 Å². The van der Waals surface area contributed by atoms with Crippen molar-refractivity contribution in [1.82, 2.24) is 5.32 Å². The first-order valence-electron chi connectivity index (χ1n) is 6.45. The van der Waals surface area contributed by atoms with Crippen molar-refractivity contribution in [3.8, 4) is 0 Å². The molecule has 3 rings (SSSR count). The van der Waals surface area contributed by atoms with Crippen molar-refractivity contribution in [2.75, 3.05) is 11.4 Å². The van der Waals surface area contributed by atoms with Gasteiger partial charge in [0, 0.05) is 30.3 Å². The van der Waals surface area contributed by atoms with Crippen molar-refractivity contribution in [2.45, 2.75) is 31.7 Å². The zero-order chi connectivity index (χ0) is 12.5. The second-order valence-electron chi connectivity index (χ2n) is 4.94. The van der Waals surface area contributed by atoms with Crippen molar-refractivity contribution in [3.63, 3.8) is 0 Å². The van der Waals surface area contributed by atoms with Gasteiger partial charge in [-0.2, -0.15) is 0 Å². The molecule has 1 N–H and O–H groups in total. The lowest BCUT2D eigenvalue weighted by Gasteiger charge is -2.15. The minimum absolute atomic E-state index is 0.0169. The van der Waals surface area contributed by atoms with Crippen molar-refractivity contribution in [1.29, 1.82) is 0 Å². The fourth-order valence-corrected chi connectivity index (χ4v) is 2.21. The molecule has 1 aromatic rings. The van der Waals surface area contributed by atoms with Crippen LogP contribution in [-0.4, -0.2) is 24.4 Å². The third-order valence-corrected chi connectivity index (χ3v) is 3.43. The summed E-state index contributed by atoms with van der Waals surface area (Å²) in [6.07, 6.45) is 3.73. The Hall–Kier alpha value is -1.84. The fraction of sp³-hybridized carbons (Fsp3) is 0.429. The second-order valence-corrected chi connectivity index (χ2v) is 4.94. The van der Waals surface area contributed by atoms with Crippen molar-refractivity contribution in [3.05, 3.63) is 29.8 Å². The number of carbonyl (C=O) groups is 2. The average molecular weight is 244 g/mol. The Labute approximate surface area is 106 Å². The van der Waals surface area contributed by atoms with Crippen LogP contribution in [0.25, 0.3) is 0 Å². The van der Waals surface area contributed by atoms with Gasteiger partial charge >= 0.3 is 0 Å². The number of rotatable bonds is 3. The largest absolute Gasteiger partial charge is 0.349 e. The molecule has 1 saturated carbocycles. The number of amides is 2. The number of anilines is 1. The molecule has 4 heteroatoms. The van der Waals surface area contributed by atoms with Gasteiger partial charge in [0.15, 0.2) is 0 Å². The minimum Gasteiger partial charge on any atom is -0.349 e. The zero-order valence-electron chi connectivity index (χ0n) is 10.2. The summed E-state index contributed by atoms with van der Waals surface area (Å²) in [6.45, 7) is 0.784. The minimum atomic E-state index is -0.0169. The van der Waals surface area contributed by atoms with Gasteiger partial charge in [0.25, 0.3) is 5.91 Å². The van der Waals surface area contributed by atoms with Gasteiger partial charge in [-0.25, -0.2) is 0 Å². The number of benzene rings is 1. The highest BCUT2D eigenvalue weighted by molar-refractivity contribution is 5.97. The van der Waals surface area contributed by atoms with Crippen molar-refractivity contribution >= 4 is 17.5 Å². The van der Waals surface area contributed by atoms with Gasteiger partial charge in [0.2, 0.25) is 5.91 Å². The van der Waals surface area contributed by atoms with Crippen LogP contribution in [0, 0.1) is 0 Å². The van der Waals surface area contributed by atoms with Gasteiger partial charge in [0.1, 0.15) is 0 Å². The molecule has 1 aromatic carbocycles. The maximum Gasteiger partial charge on any atom is 0.251 e. The Bertz CT molecular complexity index is 477. The summed E-state index contributed by atoms with van der Waals surface area (Å²) in [5.74, 6) is 0.155. The van der Waals surface area contributed by atoms with Crippen LogP contribution in [0.1, 0.15) is 36.0 Å². The molecule has 94 valence electrons. The summed E-state index contributed by atoms with van der Waals surface area (Å²) < 4.78 is 0. The predicted octanol–water partition coefficient (Wildman–Crippen LogP) is 1.71. The molecule has 1 saturated heterocycles. The highest BCUT2D eigenvalue weighted by Gasteiger charge is 2.24. The lowest BCUT2D eigenvalue weighted by Crippen LogP contribution is -2.26. The number of hydrogen-bond donors (Lipinski definition) is 1. The molecule has 1 aliphatic carbocycles. The van der Waals surface area contributed by atoms with Crippen LogP contribution >= 0.6 is 0 Å². The summed E-state index contributed by atoms with van der Waals surface area (Å²) in [7, 11) is 0. The molecule has 0 spiro atoms. The van der Waals surface area contributed by atoms with Crippen LogP contribution in [0.15, 0.2) is 24.3 Å². The van der Waals surface area contributed by atoms with E-state index in [-0.39, 0.29) is 11.8 Å². The summed E-state index contributed by atoms with van der Waals surface area (Å²) in [6, 6.07) is 7.66. The summed E-state index contributed by atoms with van der Waals surface area (Å²) >= 11 is 0. The smallest absolute Gasteiger partial charge is 0.251 e. The normalized spacial score (nSPS) is 19.1. The molecular weight excluding hydrogens is 228 g/mol. The van der Waals surface area contributed by atoms with E-state index in [0.717, 1.165) is 31.5 Å². The molecule has 0 aromatic heterocycles. The standard InChI is InChI=1S/C14H16N2O2/c17-13-2-1-9-16(13)12-7-3-10(4-8-12)14(18)15-11-5-6-11/h3-4,7-8,11H,1-2,5-6,9H2,(H,15,18). The van der Waals surface area contributed by atoms with E-state index in [2.05, 4.69) is 5.32 Å². The summed E-state index contributed by atoms with van der Waals surface area (Å²) in [5, 5.41) is 2.95. The van der Waals surface area contributed by atoms with Crippen LogP contribution in [0.3, 0.4) is 0 Å². The zero-order valence-corrected chi connectivity index (χ0v) is 10.2. The topological polar surface area (TPSA) is 49.4 Å². The number of hydrogen-bond acceptors (Lipinski definition) is 2. The van der Waals surface area contributed by atoms with Crippen LogP contribution < -0.4 is 10.2 Å². The van der Waals surface area contributed by atoms with E-state index >= 15 is 0 Å². The van der Waals surface area contributed by atoms with E-state index < -0.39 is 0 Å². The highest BCUT2D eigenvalue weighted by atomic mass is 16.2. The Balaban J connectivity index is 1.71. The Kier molecular flexibility index (Phi) is 2.78. The first-order chi connectivity index (χ1) is 8.74. The number of nitrogens with one attached hydrogen (secondary N) is 1. The van der Waals surface area contributed by atoms with Gasteiger partial charge in [-0.15, -0.1) is 0 Å². The Morgan fingerprint density at radius 1 is 1.22 bits per heavy atom. The SMILES string of the molecule is O=C(NC1CC1)c1ccc(N2CCCC2=O)cc1. The summed E-state index contributed by atoms with van der Waals surface area (Å²) in [4.78, 5) is 25.2. The van der Waals surface area contributed by atoms with Crippen LogP contribution in [-0.2, 0) is 4.79 Å². The molecule has 0 unspecified atom stereocenters.